The maximum Gasteiger partial charge on any atom is 0.0726 e. The van der Waals surface area contributed by atoms with Crippen LogP contribution in [0.4, 0.5) is 5.69 Å². The van der Waals surface area contributed by atoms with Crippen LogP contribution in [0.15, 0.2) is 18.2 Å². The first kappa shape index (κ1) is 15.8. The van der Waals surface area contributed by atoms with Crippen molar-refractivity contribution in [2.45, 2.75) is 59.8 Å². The van der Waals surface area contributed by atoms with Crippen LogP contribution < -0.4 is 5.32 Å². The van der Waals surface area contributed by atoms with Crippen molar-refractivity contribution in [3.63, 3.8) is 0 Å². The van der Waals surface area contributed by atoms with Gasteiger partial charge in [0.05, 0.1) is 5.52 Å². The summed E-state index contributed by atoms with van der Waals surface area (Å²) in [6.45, 7) is 14.2. The van der Waals surface area contributed by atoms with E-state index in [0.717, 1.165) is 17.8 Å². The zero-order chi connectivity index (χ0) is 15.6. The fourth-order valence-corrected chi connectivity index (χ4v) is 3.03. The van der Waals surface area contributed by atoms with Crippen LogP contribution in [0.2, 0.25) is 0 Å². The molecule has 2 rings (SSSR count). The molecule has 2 aromatic rings. The van der Waals surface area contributed by atoms with Gasteiger partial charge in [0.15, 0.2) is 0 Å². The average Bonchev–Trinajstić information content (AvgIpc) is 2.45. The van der Waals surface area contributed by atoms with E-state index in [4.69, 9.17) is 4.98 Å². The number of nitrogens with zero attached hydrogens (tertiary/aromatic N) is 1. The first-order valence-corrected chi connectivity index (χ1v) is 8.17. The normalized spacial score (nSPS) is 12.9. The van der Waals surface area contributed by atoms with Crippen LogP contribution >= 0.6 is 0 Å². The maximum absolute atomic E-state index is 4.83. The molecule has 1 unspecified atom stereocenters. The van der Waals surface area contributed by atoms with Gasteiger partial charge < -0.3 is 5.32 Å². The molecule has 1 atom stereocenters. The molecular formula is C19H28N2. The number of benzene rings is 1. The Balaban J connectivity index is 2.74. The number of aromatic nitrogens is 1. The molecule has 0 aliphatic carbocycles. The van der Waals surface area contributed by atoms with E-state index in [-0.39, 0.29) is 0 Å². The highest BCUT2D eigenvalue weighted by atomic mass is 14.9. The van der Waals surface area contributed by atoms with Crippen molar-refractivity contribution in [1.82, 2.24) is 4.98 Å². The van der Waals surface area contributed by atoms with Crippen LogP contribution in [0.5, 0.6) is 0 Å². The van der Waals surface area contributed by atoms with Gasteiger partial charge >= 0.3 is 0 Å². The summed E-state index contributed by atoms with van der Waals surface area (Å²) in [7, 11) is 0. The van der Waals surface area contributed by atoms with Gasteiger partial charge in [0, 0.05) is 23.3 Å². The SMILES string of the molecule is CCNc1c(C(C)C)c(C)nc2ccc(C(C)CC)cc12. The van der Waals surface area contributed by atoms with E-state index in [1.807, 2.05) is 0 Å². The van der Waals surface area contributed by atoms with Crippen molar-refractivity contribution >= 4 is 16.6 Å². The molecule has 114 valence electrons. The Morgan fingerprint density at radius 1 is 1.14 bits per heavy atom. The molecule has 0 aliphatic rings. The van der Waals surface area contributed by atoms with Gasteiger partial charge in [-0.25, -0.2) is 0 Å². The number of rotatable bonds is 5. The molecule has 0 bridgehead atoms. The summed E-state index contributed by atoms with van der Waals surface area (Å²) in [5.74, 6) is 1.07. The van der Waals surface area contributed by atoms with Crippen LogP contribution in [0.25, 0.3) is 10.9 Å². The van der Waals surface area contributed by atoms with Crippen LogP contribution in [0.3, 0.4) is 0 Å². The molecule has 0 amide bonds. The van der Waals surface area contributed by atoms with Crippen molar-refractivity contribution in [2.24, 2.45) is 0 Å². The van der Waals surface area contributed by atoms with Crippen molar-refractivity contribution in [3.8, 4) is 0 Å². The molecule has 0 aliphatic heterocycles. The molecule has 1 aromatic heterocycles. The molecular weight excluding hydrogens is 256 g/mol. The highest BCUT2D eigenvalue weighted by molar-refractivity contribution is 5.94. The Morgan fingerprint density at radius 2 is 1.86 bits per heavy atom. The number of fused-ring (bicyclic) bond motifs is 1. The van der Waals surface area contributed by atoms with E-state index in [0.29, 0.717) is 11.8 Å². The number of pyridine rings is 1. The lowest BCUT2D eigenvalue weighted by molar-refractivity contribution is 0.734. The number of hydrogen-bond acceptors (Lipinski definition) is 2. The predicted octanol–water partition coefficient (Wildman–Crippen LogP) is 5.61. The molecule has 2 nitrogen and oxygen atoms in total. The van der Waals surface area contributed by atoms with Gasteiger partial charge in [0.25, 0.3) is 0 Å². The molecule has 0 fully saturated rings. The monoisotopic (exact) mass is 284 g/mol. The Labute approximate surface area is 129 Å². The Morgan fingerprint density at radius 3 is 2.43 bits per heavy atom. The van der Waals surface area contributed by atoms with Crippen LogP contribution in [-0.2, 0) is 0 Å². The minimum atomic E-state index is 0.475. The lowest BCUT2D eigenvalue weighted by Crippen LogP contribution is -2.07. The highest BCUT2D eigenvalue weighted by Gasteiger charge is 2.16. The van der Waals surface area contributed by atoms with E-state index in [1.54, 1.807) is 0 Å². The largest absolute Gasteiger partial charge is 0.384 e. The van der Waals surface area contributed by atoms with Gasteiger partial charge in [-0.05, 0) is 55.4 Å². The predicted molar refractivity (Wildman–Crippen MR) is 93.4 cm³/mol. The summed E-state index contributed by atoms with van der Waals surface area (Å²) in [6, 6.07) is 6.74. The van der Waals surface area contributed by atoms with E-state index >= 15 is 0 Å². The van der Waals surface area contributed by atoms with E-state index in [1.165, 1.54) is 28.6 Å². The van der Waals surface area contributed by atoms with Crippen LogP contribution in [0, 0.1) is 6.92 Å². The second-order valence-corrected chi connectivity index (χ2v) is 6.26. The van der Waals surface area contributed by atoms with Gasteiger partial charge in [0.1, 0.15) is 0 Å². The molecule has 2 heteroatoms. The number of hydrogen-bond donors (Lipinski definition) is 1. The highest BCUT2D eigenvalue weighted by Crippen LogP contribution is 2.35. The van der Waals surface area contributed by atoms with Crippen LogP contribution in [0.1, 0.15) is 69.7 Å². The van der Waals surface area contributed by atoms with Gasteiger partial charge in [0.2, 0.25) is 0 Å². The standard InChI is InChI=1S/C19H28N2/c1-7-13(5)15-9-10-17-16(11-15)19(20-8-2)18(12(3)4)14(6)21-17/h9-13H,7-8H2,1-6H3,(H,20,21). The third-order valence-electron chi connectivity index (χ3n) is 4.35. The van der Waals surface area contributed by atoms with Crippen LogP contribution in [-0.4, -0.2) is 11.5 Å². The Hall–Kier alpha value is -1.57. The van der Waals surface area contributed by atoms with E-state index in [9.17, 15) is 0 Å². The molecule has 1 N–H and O–H groups in total. The fourth-order valence-electron chi connectivity index (χ4n) is 3.03. The summed E-state index contributed by atoms with van der Waals surface area (Å²) in [5, 5.41) is 4.85. The second kappa shape index (κ2) is 6.46. The minimum Gasteiger partial charge on any atom is -0.384 e. The average molecular weight is 284 g/mol. The quantitative estimate of drug-likeness (QED) is 0.771. The Bertz CT molecular complexity index is 629. The minimum absolute atomic E-state index is 0.475. The molecule has 0 radical (unpaired) electrons. The summed E-state index contributed by atoms with van der Waals surface area (Å²) in [6.07, 6.45) is 1.17. The first-order chi connectivity index (χ1) is 9.99. The van der Waals surface area contributed by atoms with Crippen molar-refractivity contribution in [1.29, 1.82) is 0 Å². The topological polar surface area (TPSA) is 24.9 Å². The number of anilines is 1. The lowest BCUT2D eigenvalue weighted by Gasteiger charge is -2.20. The number of nitrogens with one attached hydrogen (secondary N) is 1. The van der Waals surface area contributed by atoms with Gasteiger partial charge in [-0.15, -0.1) is 0 Å². The third kappa shape index (κ3) is 3.04. The second-order valence-electron chi connectivity index (χ2n) is 6.26. The summed E-state index contributed by atoms with van der Waals surface area (Å²) >= 11 is 0. The molecule has 21 heavy (non-hydrogen) atoms. The zero-order valence-electron chi connectivity index (χ0n) is 14.2. The fraction of sp³-hybridized carbons (Fsp3) is 0.526. The molecule has 0 spiro atoms. The summed E-state index contributed by atoms with van der Waals surface area (Å²) in [5.41, 5.74) is 6.28. The molecule has 0 saturated carbocycles. The van der Waals surface area contributed by atoms with Crippen molar-refractivity contribution in [3.05, 3.63) is 35.0 Å². The Kier molecular flexibility index (Phi) is 4.87. The van der Waals surface area contributed by atoms with Gasteiger partial charge in [-0.3, -0.25) is 4.98 Å². The molecule has 0 saturated heterocycles. The maximum atomic E-state index is 4.83. The molecule has 1 aromatic carbocycles. The lowest BCUT2D eigenvalue weighted by atomic mass is 9.93. The van der Waals surface area contributed by atoms with E-state index in [2.05, 4.69) is 65.1 Å². The van der Waals surface area contributed by atoms with Crippen molar-refractivity contribution < 1.29 is 0 Å². The summed E-state index contributed by atoms with van der Waals surface area (Å²) < 4.78 is 0. The zero-order valence-corrected chi connectivity index (χ0v) is 14.2. The first-order valence-electron chi connectivity index (χ1n) is 8.17. The molecule has 1 heterocycles. The smallest absolute Gasteiger partial charge is 0.0726 e. The van der Waals surface area contributed by atoms with E-state index < -0.39 is 0 Å². The van der Waals surface area contributed by atoms with Crippen molar-refractivity contribution in [2.75, 3.05) is 11.9 Å². The third-order valence-corrected chi connectivity index (χ3v) is 4.35. The number of aryl methyl sites for hydroxylation is 1. The van der Waals surface area contributed by atoms with Gasteiger partial charge in [-0.2, -0.15) is 0 Å². The summed E-state index contributed by atoms with van der Waals surface area (Å²) in [4.78, 5) is 4.83. The van der Waals surface area contributed by atoms with Gasteiger partial charge in [-0.1, -0.05) is 33.8 Å².